The van der Waals surface area contributed by atoms with Crippen LogP contribution in [0.5, 0.6) is 5.75 Å². The summed E-state index contributed by atoms with van der Waals surface area (Å²) in [6.07, 6.45) is 4.08. The third-order valence-corrected chi connectivity index (χ3v) is 4.58. The summed E-state index contributed by atoms with van der Waals surface area (Å²) in [6, 6.07) is 7.51. The van der Waals surface area contributed by atoms with Crippen molar-refractivity contribution in [2.45, 2.75) is 19.3 Å². The number of carbonyl (C=O) groups excluding carboxylic acids is 1. The third-order valence-electron chi connectivity index (χ3n) is 4.58. The second kappa shape index (κ2) is 5.33. The zero-order chi connectivity index (χ0) is 13.2. The van der Waals surface area contributed by atoms with Gasteiger partial charge in [0.15, 0.2) is 5.78 Å². The van der Waals surface area contributed by atoms with E-state index in [0.29, 0.717) is 17.9 Å². The molecule has 2 unspecified atom stereocenters. The minimum Gasteiger partial charge on any atom is -0.496 e. The van der Waals surface area contributed by atoms with Crippen molar-refractivity contribution in [2.75, 3.05) is 26.7 Å². The van der Waals surface area contributed by atoms with Crippen molar-refractivity contribution < 1.29 is 9.53 Å². The Morgan fingerprint density at radius 1 is 1.26 bits per heavy atom. The Balaban J connectivity index is 1.65. The zero-order valence-electron chi connectivity index (χ0n) is 11.5. The lowest BCUT2D eigenvalue weighted by atomic mass is 10.0. The lowest BCUT2D eigenvalue weighted by Crippen LogP contribution is -2.28. The first-order chi connectivity index (χ1) is 9.28. The maximum Gasteiger partial charge on any atom is 0.180 e. The highest BCUT2D eigenvalue weighted by Gasteiger charge is 2.36. The third kappa shape index (κ3) is 2.52. The molecule has 1 aromatic rings. The van der Waals surface area contributed by atoms with E-state index in [1.807, 2.05) is 24.3 Å². The number of para-hydroxylation sites is 1. The number of hydrogen-bond acceptors (Lipinski definition) is 3. The van der Waals surface area contributed by atoms with E-state index in [1.165, 1.54) is 19.3 Å². The second-order valence-electron chi connectivity index (χ2n) is 5.77. The van der Waals surface area contributed by atoms with Gasteiger partial charge in [-0.1, -0.05) is 18.6 Å². The van der Waals surface area contributed by atoms with Crippen LogP contribution in [0.3, 0.4) is 0 Å². The van der Waals surface area contributed by atoms with E-state index in [4.69, 9.17) is 4.74 Å². The summed E-state index contributed by atoms with van der Waals surface area (Å²) in [4.78, 5) is 14.7. The molecule has 3 heteroatoms. The molecule has 102 valence electrons. The first-order valence-corrected chi connectivity index (χ1v) is 7.16. The molecule has 0 radical (unpaired) electrons. The molecule has 0 N–H and O–H groups in total. The summed E-state index contributed by atoms with van der Waals surface area (Å²) in [7, 11) is 1.62. The van der Waals surface area contributed by atoms with Gasteiger partial charge in [-0.25, -0.2) is 0 Å². The number of carbonyl (C=O) groups is 1. The summed E-state index contributed by atoms with van der Waals surface area (Å²) < 4.78 is 5.27. The van der Waals surface area contributed by atoms with Gasteiger partial charge in [-0.15, -0.1) is 0 Å². The van der Waals surface area contributed by atoms with Gasteiger partial charge in [0.05, 0.1) is 19.2 Å². The molecule has 2 aliphatic rings. The van der Waals surface area contributed by atoms with Crippen molar-refractivity contribution in [3.63, 3.8) is 0 Å². The summed E-state index contributed by atoms with van der Waals surface area (Å²) in [5, 5.41) is 0. The van der Waals surface area contributed by atoms with Gasteiger partial charge in [0.1, 0.15) is 5.75 Å². The molecule has 19 heavy (non-hydrogen) atoms. The van der Waals surface area contributed by atoms with E-state index >= 15 is 0 Å². The summed E-state index contributed by atoms with van der Waals surface area (Å²) in [5.74, 6) is 2.54. The first kappa shape index (κ1) is 12.7. The number of rotatable bonds is 4. The summed E-state index contributed by atoms with van der Waals surface area (Å²) in [6.45, 7) is 2.74. The molecule has 3 nitrogen and oxygen atoms in total. The highest BCUT2D eigenvalue weighted by atomic mass is 16.5. The molecule has 2 atom stereocenters. The molecule has 1 saturated heterocycles. The molecule has 1 saturated carbocycles. The smallest absolute Gasteiger partial charge is 0.180 e. The Hall–Kier alpha value is -1.35. The van der Waals surface area contributed by atoms with Crippen molar-refractivity contribution in [2.24, 2.45) is 11.8 Å². The minimum absolute atomic E-state index is 0.178. The number of Topliss-reactive ketones (excluding diaryl/α,β-unsaturated/α-hetero) is 1. The van der Waals surface area contributed by atoms with Gasteiger partial charge in [-0.2, -0.15) is 0 Å². The quantitative estimate of drug-likeness (QED) is 0.778. The average molecular weight is 259 g/mol. The van der Waals surface area contributed by atoms with Gasteiger partial charge in [-0.3, -0.25) is 9.69 Å². The Bertz CT molecular complexity index is 460. The van der Waals surface area contributed by atoms with Crippen LogP contribution < -0.4 is 4.74 Å². The number of ether oxygens (including phenoxy) is 1. The molecule has 1 aliphatic carbocycles. The molecule has 1 aromatic carbocycles. The largest absolute Gasteiger partial charge is 0.496 e. The minimum atomic E-state index is 0.178. The van der Waals surface area contributed by atoms with Gasteiger partial charge >= 0.3 is 0 Å². The summed E-state index contributed by atoms with van der Waals surface area (Å²) in [5.41, 5.74) is 0.710. The number of nitrogens with zero attached hydrogens (tertiary/aromatic N) is 1. The number of benzene rings is 1. The highest BCUT2D eigenvalue weighted by molar-refractivity contribution is 6.00. The second-order valence-corrected chi connectivity index (χ2v) is 5.77. The van der Waals surface area contributed by atoms with Gasteiger partial charge in [0, 0.05) is 13.1 Å². The topological polar surface area (TPSA) is 29.5 Å². The Morgan fingerprint density at radius 3 is 2.63 bits per heavy atom. The Kier molecular flexibility index (Phi) is 3.56. The normalized spacial score (nSPS) is 26.4. The molecule has 0 bridgehead atoms. The van der Waals surface area contributed by atoms with Gasteiger partial charge < -0.3 is 4.74 Å². The van der Waals surface area contributed by atoms with Crippen LogP contribution in [0, 0.1) is 11.8 Å². The Labute approximate surface area is 114 Å². The highest BCUT2D eigenvalue weighted by Crippen LogP contribution is 2.37. The SMILES string of the molecule is COc1ccccc1C(=O)CN1CC2CCCC2C1. The van der Waals surface area contributed by atoms with E-state index < -0.39 is 0 Å². The molecule has 2 fully saturated rings. The van der Waals surface area contributed by atoms with Gasteiger partial charge in [-0.05, 0) is 36.8 Å². The van der Waals surface area contributed by atoms with E-state index in [1.54, 1.807) is 7.11 Å². The number of methoxy groups -OCH3 is 1. The van der Waals surface area contributed by atoms with E-state index in [-0.39, 0.29) is 5.78 Å². The molecule has 3 rings (SSSR count). The van der Waals surface area contributed by atoms with Crippen LogP contribution in [0.15, 0.2) is 24.3 Å². The molecular formula is C16H21NO2. The van der Waals surface area contributed by atoms with E-state index in [2.05, 4.69) is 4.90 Å². The predicted molar refractivity (Wildman–Crippen MR) is 74.6 cm³/mol. The maximum absolute atomic E-state index is 12.4. The van der Waals surface area contributed by atoms with Crippen LogP contribution in [-0.4, -0.2) is 37.4 Å². The fraction of sp³-hybridized carbons (Fsp3) is 0.562. The standard InChI is InChI=1S/C16H21NO2/c1-19-16-8-3-2-7-14(16)15(18)11-17-9-12-5-4-6-13(12)10-17/h2-3,7-8,12-13H,4-6,9-11H2,1H3. The first-order valence-electron chi connectivity index (χ1n) is 7.16. The van der Waals surface area contributed by atoms with Crippen LogP contribution in [0.2, 0.25) is 0 Å². The van der Waals surface area contributed by atoms with Crippen molar-refractivity contribution in [3.8, 4) is 5.75 Å². The van der Waals surface area contributed by atoms with Crippen LogP contribution in [-0.2, 0) is 0 Å². The fourth-order valence-corrected chi connectivity index (χ4v) is 3.62. The molecule has 1 aliphatic heterocycles. The predicted octanol–water partition coefficient (Wildman–Crippen LogP) is 2.61. The molecule has 0 amide bonds. The van der Waals surface area contributed by atoms with E-state index in [0.717, 1.165) is 24.9 Å². The number of ketones is 1. The maximum atomic E-state index is 12.4. The van der Waals surface area contributed by atoms with Crippen molar-refractivity contribution in [3.05, 3.63) is 29.8 Å². The summed E-state index contributed by atoms with van der Waals surface area (Å²) >= 11 is 0. The lowest BCUT2D eigenvalue weighted by molar-refractivity contribution is 0.0938. The van der Waals surface area contributed by atoms with Crippen molar-refractivity contribution in [1.82, 2.24) is 4.90 Å². The lowest BCUT2D eigenvalue weighted by Gasteiger charge is -2.16. The van der Waals surface area contributed by atoms with E-state index in [9.17, 15) is 4.79 Å². The van der Waals surface area contributed by atoms with Crippen molar-refractivity contribution in [1.29, 1.82) is 0 Å². The average Bonchev–Trinajstić information content (AvgIpc) is 2.99. The Morgan fingerprint density at radius 2 is 1.95 bits per heavy atom. The molecular weight excluding hydrogens is 238 g/mol. The molecule has 0 aromatic heterocycles. The van der Waals surface area contributed by atoms with Crippen LogP contribution >= 0.6 is 0 Å². The van der Waals surface area contributed by atoms with Gasteiger partial charge in [0.25, 0.3) is 0 Å². The molecule has 1 heterocycles. The van der Waals surface area contributed by atoms with Crippen LogP contribution in [0.1, 0.15) is 29.6 Å². The van der Waals surface area contributed by atoms with Crippen LogP contribution in [0.25, 0.3) is 0 Å². The number of hydrogen-bond donors (Lipinski definition) is 0. The fourth-order valence-electron chi connectivity index (χ4n) is 3.62. The molecule has 0 spiro atoms. The van der Waals surface area contributed by atoms with Gasteiger partial charge in [0.2, 0.25) is 0 Å². The number of likely N-dealkylation sites (tertiary alicyclic amines) is 1. The number of fused-ring (bicyclic) bond motifs is 1. The zero-order valence-corrected chi connectivity index (χ0v) is 11.5. The van der Waals surface area contributed by atoms with Crippen LogP contribution in [0.4, 0.5) is 0 Å². The van der Waals surface area contributed by atoms with Crippen molar-refractivity contribution >= 4 is 5.78 Å². The monoisotopic (exact) mass is 259 g/mol.